The van der Waals surface area contributed by atoms with Crippen LogP contribution in [0.15, 0.2) is 72.8 Å². The Balaban J connectivity index is 1.53. The van der Waals surface area contributed by atoms with Gasteiger partial charge in [-0.2, -0.15) is 0 Å². The van der Waals surface area contributed by atoms with Gasteiger partial charge in [0.15, 0.2) is 0 Å². The SMILES string of the molecule is O=C(N[C@@H](Cc1ccccc1)C(=O)NC1CCSC1=O)c1ccc2ccccc2c1. The van der Waals surface area contributed by atoms with Crippen molar-refractivity contribution in [1.29, 1.82) is 0 Å². The summed E-state index contributed by atoms with van der Waals surface area (Å²) < 4.78 is 0. The van der Waals surface area contributed by atoms with Crippen molar-refractivity contribution in [2.24, 2.45) is 0 Å². The molecule has 2 atom stereocenters. The predicted molar refractivity (Wildman–Crippen MR) is 119 cm³/mol. The number of amides is 2. The molecule has 2 amide bonds. The second-order valence-corrected chi connectivity index (χ2v) is 8.39. The van der Waals surface area contributed by atoms with Crippen LogP contribution < -0.4 is 10.6 Å². The summed E-state index contributed by atoms with van der Waals surface area (Å²) in [5.74, 6) is 0.0501. The van der Waals surface area contributed by atoms with Gasteiger partial charge in [-0.1, -0.05) is 72.4 Å². The van der Waals surface area contributed by atoms with Gasteiger partial charge in [-0.25, -0.2) is 0 Å². The summed E-state index contributed by atoms with van der Waals surface area (Å²) in [5, 5.41) is 7.66. The molecule has 5 nitrogen and oxygen atoms in total. The molecule has 0 aromatic heterocycles. The summed E-state index contributed by atoms with van der Waals surface area (Å²) in [6.45, 7) is 0. The maximum Gasteiger partial charge on any atom is 0.251 e. The third-order valence-electron chi connectivity index (χ3n) is 5.17. The first kappa shape index (κ1) is 20.2. The fourth-order valence-electron chi connectivity index (χ4n) is 3.53. The molecular formula is C24H22N2O3S. The maximum absolute atomic E-state index is 12.9. The molecule has 0 radical (unpaired) electrons. The molecule has 0 saturated carbocycles. The number of fused-ring (bicyclic) bond motifs is 1. The number of thioether (sulfide) groups is 1. The molecule has 0 spiro atoms. The molecule has 1 aliphatic heterocycles. The van der Waals surface area contributed by atoms with E-state index in [-0.39, 0.29) is 16.9 Å². The molecule has 0 aliphatic carbocycles. The van der Waals surface area contributed by atoms with Gasteiger partial charge < -0.3 is 10.6 Å². The molecule has 152 valence electrons. The summed E-state index contributed by atoms with van der Waals surface area (Å²) >= 11 is 1.23. The first-order valence-corrected chi connectivity index (χ1v) is 10.9. The van der Waals surface area contributed by atoms with E-state index in [4.69, 9.17) is 0 Å². The van der Waals surface area contributed by atoms with Crippen LogP contribution in [0.5, 0.6) is 0 Å². The number of hydrogen-bond acceptors (Lipinski definition) is 4. The second kappa shape index (κ2) is 9.13. The fourth-order valence-corrected chi connectivity index (χ4v) is 4.46. The van der Waals surface area contributed by atoms with Crippen LogP contribution in [0, 0.1) is 0 Å². The van der Waals surface area contributed by atoms with Crippen molar-refractivity contribution in [3.63, 3.8) is 0 Å². The molecule has 0 bridgehead atoms. The van der Waals surface area contributed by atoms with Crippen molar-refractivity contribution in [3.05, 3.63) is 83.9 Å². The van der Waals surface area contributed by atoms with E-state index in [1.807, 2.05) is 66.7 Å². The van der Waals surface area contributed by atoms with Crippen LogP contribution in [0.25, 0.3) is 10.8 Å². The van der Waals surface area contributed by atoms with Crippen LogP contribution in [-0.4, -0.2) is 34.8 Å². The molecule has 30 heavy (non-hydrogen) atoms. The van der Waals surface area contributed by atoms with Gasteiger partial charge in [0.25, 0.3) is 5.91 Å². The Morgan fingerprint density at radius 2 is 1.70 bits per heavy atom. The van der Waals surface area contributed by atoms with Crippen molar-refractivity contribution < 1.29 is 14.4 Å². The zero-order valence-electron chi connectivity index (χ0n) is 16.3. The molecule has 2 N–H and O–H groups in total. The van der Waals surface area contributed by atoms with Crippen LogP contribution in [0.3, 0.4) is 0 Å². The summed E-state index contributed by atoms with van der Waals surface area (Å²) in [5.41, 5.74) is 1.43. The van der Waals surface area contributed by atoms with E-state index in [2.05, 4.69) is 10.6 Å². The average molecular weight is 419 g/mol. The van der Waals surface area contributed by atoms with Crippen molar-refractivity contribution in [2.75, 3.05) is 5.75 Å². The van der Waals surface area contributed by atoms with Crippen LogP contribution in [-0.2, 0) is 16.0 Å². The Morgan fingerprint density at radius 3 is 2.43 bits per heavy atom. The van der Waals surface area contributed by atoms with Crippen LogP contribution in [0.4, 0.5) is 0 Å². The van der Waals surface area contributed by atoms with Crippen molar-refractivity contribution in [3.8, 4) is 0 Å². The van der Waals surface area contributed by atoms with Gasteiger partial charge in [0.1, 0.15) is 6.04 Å². The molecule has 3 aromatic rings. The standard InChI is InChI=1S/C24H22N2O3S/c27-22(19-11-10-17-8-4-5-9-18(17)15-19)26-21(14-16-6-2-1-3-7-16)23(28)25-20-12-13-30-24(20)29/h1-11,15,20-21H,12-14H2,(H,25,28)(H,26,27)/t20?,21-/m0/s1. The van der Waals surface area contributed by atoms with E-state index in [1.54, 1.807) is 6.07 Å². The normalized spacial score (nSPS) is 16.9. The molecule has 3 aromatic carbocycles. The van der Waals surface area contributed by atoms with Crippen molar-refractivity contribution in [1.82, 2.24) is 10.6 Å². The van der Waals surface area contributed by atoms with Gasteiger partial charge in [0.2, 0.25) is 11.0 Å². The van der Waals surface area contributed by atoms with E-state index in [9.17, 15) is 14.4 Å². The maximum atomic E-state index is 12.9. The lowest BCUT2D eigenvalue weighted by Gasteiger charge is -2.20. The summed E-state index contributed by atoms with van der Waals surface area (Å²) in [4.78, 5) is 37.8. The highest BCUT2D eigenvalue weighted by molar-refractivity contribution is 8.14. The molecule has 1 fully saturated rings. The lowest BCUT2D eigenvalue weighted by atomic mass is 10.0. The molecule has 1 unspecified atom stereocenters. The number of carbonyl (C=O) groups is 3. The number of rotatable bonds is 6. The minimum Gasteiger partial charge on any atom is -0.344 e. The third kappa shape index (κ3) is 4.71. The van der Waals surface area contributed by atoms with Crippen LogP contribution in [0.2, 0.25) is 0 Å². The summed E-state index contributed by atoms with van der Waals surface area (Å²) in [6, 6.07) is 21.5. The Hall–Kier alpha value is -3.12. The third-order valence-corrected chi connectivity index (χ3v) is 6.18. The fraction of sp³-hybridized carbons (Fsp3) is 0.208. The van der Waals surface area contributed by atoms with E-state index >= 15 is 0 Å². The smallest absolute Gasteiger partial charge is 0.251 e. The number of carbonyl (C=O) groups excluding carboxylic acids is 3. The van der Waals surface area contributed by atoms with Crippen molar-refractivity contribution >= 4 is 39.5 Å². The van der Waals surface area contributed by atoms with E-state index in [1.165, 1.54) is 11.8 Å². The summed E-state index contributed by atoms with van der Waals surface area (Å²) in [7, 11) is 0. The quantitative estimate of drug-likeness (QED) is 0.644. The number of nitrogens with one attached hydrogen (secondary N) is 2. The van der Waals surface area contributed by atoms with E-state index in [0.29, 0.717) is 24.2 Å². The molecule has 1 heterocycles. The first-order valence-electron chi connectivity index (χ1n) is 9.91. The molecule has 1 aliphatic rings. The van der Waals surface area contributed by atoms with Crippen molar-refractivity contribution in [2.45, 2.75) is 24.9 Å². The van der Waals surface area contributed by atoms with Gasteiger partial charge in [-0.15, -0.1) is 0 Å². The Bertz CT molecular complexity index is 1080. The van der Waals surface area contributed by atoms with Crippen LogP contribution >= 0.6 is 11.8 Å². The van der Waals surface area contributed by atoms with Gasteiger partial charge in [0, 0.05) is 17.7 Å². The molecule has 4 rings (SSSR count). The summed E-state index contributed by atoms with van der Waals surface area (Å²) in [6.07, 6.45) is 0.964. The topological polar surface area (TPSA) is 75.3 Å². The molecule has 1 saturated heterocycles. The monoisotopic (exact) mass is 418 g/mol. The number of hydrogen-bond donors (Lipinski definition) is 2. The van der Waals surface area contributed by atoms with E-state index < -0.39 is 12.1 Å². The predicted octanol–water partition coefficient (Wildman–Crippen LogP) is 3.33. The lowest BCUT2D eigenvalue weighted by molar-refractivity contribution is -0.126. The Kier molecular flexibility index (Phi) is 6.14. The first-order chi connectivity index (χ1) is 14.6. The van der Waals surface area contributed by atoms with E-state index in [0.717, 1.165) is 16.3 Å². The average Bonchev–Trinajstić information content (AvgIpc) is 3.17. The zero-order valence-corrected chi connectivity index (χ0v) is 17.2. The second-order valence-electron chi connectivity index (χ2n) is 7.30. The number of benzene rings is 3. The lowest BCUT2D eigenvalue weighted by Crippen LogP contribution is -2.51. The highest BCUT2D eigenvalue weighted by Gasteiger charge is 2.30. The van der Waals surface area contributed by atoms with Gasteiger partial charge in [0.05, 0.1) is 6.04 Å². The highest BCUT2D eigenvalue weighted by atomic mass is 32.2. The van der Waals surface area contributed by atoms with Gasteiger partial charge in [-0.3, -0.25) is 14.4 Å². The highest BCUT2D eigenvalue weighted by Crippen LogP contribution is 2.20. The Morgan fingerprint density at radius 1 is 0.967 bits per heavy atom. The largest absolute Gasteiger partial charge is 0.344 e. The van der Waals surface area contributed by atoms with Gasteiger partial charge in [-0.05, 0) is 34.9 Å². The molecule has 6 heteroatoms. The minimum absolute atomic E-state index is 0.0253. The molecular weight excluding hydrogens is 396 g/mol. The van der Waals surface area contributed by atoms with Gasteiger partial charge >= 0.3 is 0 Å². The minimum atomic E-state index is -0.773. The zero-order chi connectivity index (χ0) is 20.9. The Labute approximate surface area is 179 Å². The van der Waals surface area contributed by atoms with Crippen LogP contribution in [0.1, 0.15) is 22.3 Å².